The summed E-state index contributed by atoms with van der Waals surface area (Å²) in [6.07, 6.45) is 5.21. The number of nitrogens with zero attached hydrogens (tertiary/aromatic N) is 3. The van der Waals surface area contributed by atoms with Crippen molar-refractivity contribution >= 4 is 22.5 Å². The van der Waals surface area contributed by atoms with Crippen LogP contribution in [0, 0.1) is 6.92 Å². The van der Waals surface area contributed by atoms with Gasteiger partial charge in [-0.1, -0.05) is 42.5 Å². The van der Waals surface area contributed by atoms with Crippen molar-refractivity contribution in [2.45, 2.75) is 13.5 Å². The first kappa shape index (κ1) is 16.8. The van der Waals surface area contributed by atoms with Crippen LogP contribution in [-0.4, -0.2) is 20.6 Å². The summed E-state index contributed by atoms with van der Waals surface area (Å²) < 4.78 is 1.88. The lowest BCUT2D eigenvalue weighted by molar-refractivity contribution is 0.252. The van der Waals surface area contributed by atoms with Gasteiger partial charge >= 0.3 is 6.03 Å². The lowest BCUT2D eigenvalue weighted by Crippen LogP contribution is -2.28. The molecule has 2 aromatic carbocycles. The highest BCUT2D eigenvalue weighted by molar-refractivity contribution is 5.90. The van der Waals surface area contributed by atoms with Crippen LogP contribution in [0.2, 0.25) is 0 Å². The number of carbonyl (C=O) groups is 1. The van der Waals surface area contributed by atoms with Crippen LogP contribution in [0.25, 0.3) is 16.6 Å². The summed E-state index contributed by atoms with van der Waals surface area (Å²) in [4.78, 5) is 20.8. The number of imidazole rings is 1. The summed E-state index contributed by atoms with van der Waals surface area (Å²) >= 11 is 0. The summed E-state index contributed by atoms with van der Waals surface area (Å²) in [5.41, 5.74) is 1.71. The Labute approximate surface area is 156 Å². The van der Waals surface area contributed by atoms with Crippen LogP contribution < -0.4 is 10.6 Å². The van der Waals surface area contributed by atoms with E-state index < -0.39 is 0 Å². The fraction of sp³-hybridized carbons (Fsp3) is 0.0952. The normalized spacial score (nSPS) is 10.7. The monoisotopic (exact) mass is 357 g/mol. The molecule has 0 aliphatic heterocycles. The molecule has 2 amide bonds. The van der Waals surface area contributed by atoms with Gasteiger partial charge in [-0.25, -0.2) is 14.8 Å². The number of amides is 2. The molecule has 4 aromatic rings. The number of aromatic nitrogens is 3. The number of pyridine rings is 1. The Hall–Kier alpha value is -3.67. The lowest BCUT2D eigenvalue weighted by Gasteiger charge is -2.10. The topological polar surface area (TPSA) is 71.8 Å². The summed E-state index contributed by atoms with van der Waals surface area (Å²) in [5, 5.41) is 8.01. The zero-order valence-corrected chi connectivity index (χ0v) is 14.9. The first-order chi connectivity index (χ1) is 13.2. The third-order valence-corrected chi connectivity index (χ3v) is 4.40. The van der Waals surface area contributed by atoms with E-state index in [2.05, 4.69) is 38.8 Å². The maximum Gasteiger partial charge on any atom is 0.319 e. The summed E-state index contributed by atoms with van der Waals surface area (Å²) in [5.74, 6) is 1.61. The van der Waals surface area contributed by atoms with Crippen molar-refractivity contribution in [3.8, 4) is 5.82 Å². The number of carbonyl (C=O) groups excluding carboxylic acids is 1. The second kappa shape index (κ2) is 7.29. The fourth-order valence-corrected chi connectivity index (χ4v) is 3.02. The van der Waals surface area contributed by atoms with E-state index in [0.29, 0.717) is 12.2 Å². The number of fused-ring (bicyclic) bond motifs is 1. The molecule has 0 radical (unpaired) electrons. The minimum absolute atomic E-state index is 0.267. The third kappa shape index (κ3) is 3.64. The van der Waals surface area contributed by atoms with E-state index in [1.54, 1.807) is 12.4 Å². The standard InChI is InChI=1S/C21H19N5O/c1-15-22-11-12-26(15)20-10-9-18(14-23-20)25-21(27)24-13-17-7-4-6-16-5-2-3-8-19(16)17/h2-12,14H,13H2,1H3,(H2,24,25,27). The molecular weight excluding hydrogens is 338 g/mol. The zero-order chi connectivity index (χ0) is 18.6. The first-order valence-electron chi connectivity index (χ1n) is 8.68. The van der Waals surface area contributed by atoms with Crippen molar-refractivity contribution in [3.05, 3.63) is 84.6 Å². The van der Waals surface area contributed by atoms with Crippen molar-refractivity contribution in [1.29, 1.82) is 0 Å². The molecule has 0 aliphatic rings. The molecule has 0 saturated heterocycles. The molecule has 134 valence electrons. The van der Waals surface area contributed by atoms with Crippen LogP contribution in [0.3, 0.4) is 0 Å². The number of hydrogen-bond acceptors (Lipinski definition) is 3. The maximum atomic E-state index is 12.2. The molecular formula is C21H19N5O. The molecule has 0 aliphatic carbocycles. The van der Waals surface area contributed by atoms with E-state index in [9.17, 15) is 4.79 Å². The number of nitrogens with one attached hydrogen (secondary N) is 2. The van der Waals surface area contributed by atoms with Crippen molar-refractivity contribution < 1.29 is 4.79 Å². The Bertz CT molecular complexity index is 1080. The van der Waals surface area contributed by atoms with Gasteiger partial charge in [0.15, 0.2) is 0 Å². The Kier molecular flexibility index (Phi) is 4.53. The van der Waals surface area contributed by atoms with E-state index in [0.717, 1.165) is 28.0 Å². The van der Waals surface area contributed by atoms with Gasteiger partial charge in [0.2, 0.25) is 0 Å². The smallest absolute Gasteiger partial charge is 0.319 e. The number of rotatable bonds is 4. The van der Waals surface area contributed by atoms with Crippen LogP contribution >= 0.6 is 0 Å². The van der Waals surface area contributed by atoms with Gasteiger partial charge in [-0.05, 0) is 35.4 Å². The van der Waals surface area contributed by atoms with Gasteiger partial charge in [0.05, 0.1) is 11.9 Å². The largest absolute Gasteiger partial charge is 0.334 e. The molecule has 0 unspecified atom stereocenters. The van der Waals surface area contributed by atoms with Gasteiger partial charge in [0.25, 0.3) is 0 Å². The minimum Gasteiger partial charge on any atom is -0.334 e. The summed E-state index contributed by atoms with van der Waals surface area (Å²) in [7, 11) is 0. The van der Waals surface area contributed by atoms with Crippen LogP contribution in [0.4, 0.5) is 10.5 Å². The van der Waals surface area contributed by atoms with E-state index in [-0.39, 0.29) is 6.03 Å². The van der Waals surface area contributed by atoms with E-state index in [1.165, 1.54) is 0 Å². The predicted octanol–water partition coefficient (Wildman–Crippen LogP) is 4.05. The van der Waals surface area contributed by atoms with Gasteiger partial charge in [0, 0.05) is 18.9 Å². The number of hydrogen-bond donors (Lipinski definition) is 2. The molecule has 2 aromatic heterocycles. The molecule has 2 N–H and O–H groups in total. The highest BCUT2D eigenvalue weighted by Gasteiger charge is 2.06. The van der Waals surface area contributed by atoms with Gasteiger partial charge in [-0.3, -0.25) is 4.57 Å². The van der Waals surface area contributed by atoms with Crippen molar-refractivity contribution in [2.24, 2.45) is 0 Å². The number of benzene rings is 2. The highest BCUT2D eigenvalue weighted by atomic mass is 16.2. The molecule has 27 heavy (non-hydrogen) atoms. The summed E-state index contributed by atoms with van der Waals surface area (Å²) in [6, 6.07) is 17.6. The molecule has 0 saturated carbocycles. The maximum absolute atomic E-state index is 12.2. The molecule has 0 bridgehead atoms. The average molecular weight is 357 g/mol. The van der Waals surface area contributed by atoms with Crippen molar-refractivity contribution in [2.75, 3.05) is 5.32 Å². The van der Waals surface area contributed by atoms with Gasteiger partial charge in [0.1, 0.15) is 11.6 Å². The van der Waals surface area contributed by atoms with Crippen molar-refractivity contribution in [1.82, 2.24) is 19.9 Å². The van der Waals surface area contributed by atoms with E-state index in [1.807, 2.05) is 54.1 Å². The Morgan fingerprint density at radius 1 is 1.04 bits per heavy atom. The molecule has 6 nitrogen and oxygen atoms in total. The second-order valence-electron chi connectivity index (χ2n) is 6.20. The quantitative estimate of drug-likeness (QED) is 0.579. The van der Waals surface area contributed by atoms with Gasteiger partial charge in [-0.15, -0.1) is 0 Å². The zero-order valence-electron chi connectivity index (χ0n) is 14.9. The molecule has 6 heteroatoms. The van der Waals surface area contributed by atoms with Crippen LogP contribution in [0.15, 0.2) is 73.2 Å². The molecule has 0 atom stereocenters. The van der Waals surface area contributed by atoms with E-state index in [4.69, 9.17) is 0 Å². The second-order valence-corrected chi connectivity index (χ2v) is 6.20. The Morgan fingerprint density at radius 3 is 2.67 bits per heavy atom. The number of anilines is 1. The van der Waals surface area contributed by atoms with E-state index >= 15 is 0 Å². The summed E-state index contributed by atoms with van der Waals surface area (Å²) in [6.45, 7) is 2.36. The lowest BCUT2D eigenvalue weighted by atomic mass is 10.0. The number of aryl methyl sites for hydroxylation is 1. The van der Waals surface area contributed by atoms with Gasteiger partial charge < -0.3 is 10.6 Å². The van der Waals surface area contributed by atoms with Crippen molar-refractivity contribution in [3.63, 3.8) is 0 Å². The Balaban J connectivity index is 1.40. The molecule has 0 spiro atoms. The minimum atomic E-state index is -0.267. The van der Waals surface area contributed by atoms with Gasteiger partial charge in [-0.2, -0.15) is 0 Å². The van der Waals surface area contributed by atoms with Crippen LogP contribution in [0.1, 0.15) is 11.4 Å². The average Bonchev–Trinajstić information content (AvgIpc) is 3.13. The van der Waals surface area contributed by atoms with Crippen LogP contribution in [0.5, 0.6) is 0 Å². The Morgan fingerprint density at radius 2 is 1.89 bits per heavy atom. The predicted molar refractivity (Wildman–Crippen MR) is 106 cm³/mol. The molecule has 4 rings (SSSR count). The SMILES string of the molecule is Cc1nccn1-c1ccc(NC(=O)NCc2cccc3ccccc23)cn1. The third-order valence-electron chi connectivity index (χ3n) is 4.40. The molecule has 0 fully saturated rings. The molecule has 2 heterocycles. The first-order valence-corrected chi connectivity index (χ1v) is 8.68. The highest BCUT2D eigenvalue weighted by Crippen LogP contribution is 2.18. The fourth-order valence-electron chi connectivity index (χ4n) is 3.02. The van der Waals surface area contributed by atoms with Crippen LogP contribution in [-0.2, 0) is 6.54 Å². The number of urea groups is 1.